The highest BCUT2D eigenvalue weighted by molar-refractivity contribution is 6.31. The molecule has 2 N–H and O–H groups in total. The zero-order chi connectivity index (χ0) is 16.1. The average molecular weight is 320 g/mol. The summed E-state index contributed by atoms with van der Waals surface area (Å²) in [5.41, 5.74) is 1.46. The second kappa shape index (κ2) is 6.95. The fraction of sp³-hybridized carbons (Fsp3) is 0.125. The van der Waals surface area contributed by atoms with E-state index in [0.29, 0.717) is 5.69 Å². The normalized spacial score (nSPS) is 10.1. The van der Waals surface area contributed by atoms with E-state index < -0.39 is 18.5 Å². The average Bonchev–Trinajstić information content (AvgIpc) is 2.49. The summed E-state index contributed by atoms with van der Waals surface area (Å²) in [5, 5.41) is 12.5. The maximum atomic E-state index is 11.8. The van der Waals surface area contributed by atoms with E-state index in [0.717, 1.165) is 5.56 Å². The molecule has 0 atom stereocenters. The van der Waals surface area contributed by atoms with E-state index in [1.807, 2.05) is 19.1 Å². The Hall–Kier alpha value is -2.53. The summed E-state index contributed by atoms with van der Waals surface area (Å²) in [6, 6.07) is 11.2. The Morgan fingerprint density at radius 1 is 1.23 bits per heavy atom. The Kier molecular flexibility index (Phi) is 5.01. The number of hydrogen-bond acceptors (Lipinski definition) is 4. The van der Waals surface area contributed by atoms with Crippen LogP contribution in [-0.4, -0.2) is 23.6 Å². The molecule has 0 aliphatic rings. The predicted molar refractivity (Wildman–Crippen MR) is 83.2 cm³/mol. The molecular weight excluding hydrogens is 306 g/mol. The molecule has 1 amide bonds. The Labute approximate surface area is 132 Å². The SMILES string of the molecule is Cc1ccccc1NC(=O)COC(=O)c1cc(Cl)ccc1O. The number of hydrogen-bond donors (Lipinski definition) is 2. The summed E-state index contributed by atoms with van der Waals surface area (Å²) in [6.45, 7) is 1.39. The number of ether oxygens (including phenoxy) is 1. The Balaban J connectivity index is 1.95. The number of para-hydroxylation sites is 1. The first-order valence-electron chi connectivity index (χ1n) is 6.48. The summed E-state index contributed by atoms with van der Waals surface area (Å²) in [7, 11) is 0. The standard InChI is InChI=1S/C16H14ClNO4/c1-10-4-2-3-5-13(10)18-15(20)9-22-16(21)12-8-11(17)6-7-14(12)19/h2-8,19H,9H2,1H3,(H,18,20). The molecular formula is C16H14ClNO4. The Morgan fingerprint density at radius 2 is 1.95 bits per heavy atom. The largest absolute Gasteiger partial charge is 0.507 e. The fourth-order valence-electron chi connectivity index (χ4n) is 1.78. The molecule has 22 heavy (non-hydrogen) atoms. The topological polar surface area (TPSA) is 75.6 Å². The highest BCUT2D eigenvalue weighted by atomic mass is 35.5. The number of carbonyl (C=O) groups excluding carboxylic acids is 2. The van der Waals surface area contributed by atoms with Crippen molar-refractivity contribution in [2.45, 2.75) is 6.92 Å². The predicted octanol–water partition coefficient (Wildman–Crippen LogP) is 3.15. The van der Waals surface area contributed by atoms with Crippen LogP contribution in [0.5, 0.6) is 5.75 Å². The van der Waals surface area contributed by atoms with Gasteiger partial charge in [0, 0.05) is 10.7 Å². The van der Waals surface area contributed by atoms with Gasteiger partial charge in [-0.2, -0.15) is 0 Å². The van der Waals surface area contributed by atoms with Gasteiger partial charge in [-0.1, -0.05) is 29.8 Å². The summed E-state index contributed by atoms with van der Waals surface area (Å²) in [6.07, 6.45) is 0. The van der Waals surface area contributed by atoms with E-state index in [1.54, 1.807) is 12.1 Å². The van der Waals surface area contributed by atoms with Crippen LogP contribution in [0, 0.1) is 6.92 Å². The number of aryl methyl sites for hydroxylation is 1. The number of benzene rings is 2. The molecule has 0 saturated heterocycles. The van der Waals surface area contributed by atoms with E-state index >= 15 is 0 Å². The van der Waals surface area contributed by atoms with E-state index in [4.69, 9.17) is 16.3 Å². The van der Waals surface area contributed by atoms with Crippen LogP contribution in [0.4, 0.5) is 5.69 Å². The maximum absolute atomic E-state index is 11.8. The smallest absolute Gasteiger partial charge is 0.342 e. The van der Waals surface area contributed by atoms with Crippen LogP contribution >= 0.6 is 11.6 Å². The van der Waals surface area contributed by atoms with Crippen LogP contribution in [0.25, 0.3) is 0 Å². The molecule has 6 heteroatoms. The third-order valence-electron chi connectivity index (χ3n) is 2.93. The minimum atomic E-state index is -0.820. The number of nitrogens with one attached hydrogen (secondary N) is 1. The van der Waals surface area contributed by atoms with Crippen molar-refractivity contribution < 1.29 is 19.4 Å². The van der Waals surface area contributed by atoms with Gasteiger partial charge in [0.15, 0.2) is 6.61 Å². The molecule has 0 aliphatic heterocycles. The molecule has 0 bridgehead atoms. The highest BCUT2D eigenvalue weighted by Crippen LogP contribution is 2.22. The van der Waals surface area contributed by atoms with Gasteiger partial charge in [0.25, 0.3) is 5.91 Å². The van der Waals surface area contributed by atoms with Gasteiger partial charge in [0.2, 0.25) is 0 Å². The summed E-state index contributed by atoms with van der Waals surface area (Å²) in [5.74, 6) is -1.54. The fourth-order valence-corrected chi connectivity index (χ4v) is 1.95. The van der Waals surface area contributed by atoms with Gasteiger partial charge in [-0.3, -0.25) is 4.79 Å². The first kappa shape index (κ1) is 15.9. The molecule has 2 rings (SSSR count). The minimum Gasteiger partial charge on any atom is -0.507 e. The van der Waals surface area contributed by atoms with Crippen molar-refractivity contribution in [3.63, 3.8) is 0 Å². The number of anilines is 1. The molecule has 0 aromatic heterocycles. The van der Waals surface area contributed by atoms with E-state index in [-0.39, 0.29) is 16.3 Å². The van der Waals surface area contributed by atoms with Crippen LogP contribution < -0.4 is 5.32 Å². The van der Waals surface area contributed by atoms with Crippen molar-refractivity contribution in [2.24, 2.45) is 0 Å². The zero-order valence-corrected chi connectivity index (χ0v) is 12.6. The van der Waals surface area contributed by atoms with Crippen molar-refractivity contribution in [3.05, 3.63) is 58.6 Å². The van der Waals surface area contributed by atoms with Crippen molar-refractivity contribution in [1.82, 2.24) is 0 Å². The van der Waals surface area contributed by atoms with Crippen molar-refractivity contribution in [3.8, 4) is 5.75 Å². The molecule has 0 fully saturated rings. The van der Waals surface area contributed by atoms with Gasteiger partial charge in [-0.15, -0.1) is 0 Å². The Bertz CT molecular complexity index is 715. The third kappa shape index (κ3) is 3.99. The summed E-state index contributed by atoms with van der Waals surface area (Å²) in [4.78, 5) is 23.6. The molecule has 5 nitrogen and oxygen atoms in total. The first-order chi connectivity index (χ1) is 10.5. The number of phenolic OH excluding ortho intramolecular Hbond substituents is 1. The lowest BCUT2D eigenvalue weighted by atomic mass is 10.2. The first-order valence-corrected chi connectivity index (χ1v) is 6.86. The third-order valence-corrected chi connectivity index (χ3v) is 3.17. The maximum Gasteiger partial charge on any atom is 0.342 e. The number of phenols is 1. The number of amides is 1. The second-order valence-corrected chi connectivity index (χ2v) is 5.04. The van der Waals surface area contributed by atoms with Gasteiger partial charge in [-0.25, -0.2) is 4.79 Å². The molecule has 0 radical (unpaired) electrons. The summed E-state index contributed by atoms with van der Waals surface area (Å²) >= 11 is 5.75. The van der Waals surface area contributed by atoms with Crippen molar-refractivity contribution in [2.75, 3.05) is 11.9 Å². The lowest BCUT2D eigenvalue weighted by Gasteiger charge is -2.09. The van der Waals surface area contributed by atoms with Gasteiger partial charge in [-0.05, 0) is 36.8 Å². The lowest BCUT2D eigenvalue weighted by Crippen LogP contribution is -2.21. The number of esters is 1. The zero-order valence-electron chi connectivity index (χ0n) is 11.8. The van der Waals surface area contributed by atoms with Crippen LogP contribution in [0.1, 0.15) is 15.9 Å². The monoisotopic (exact) mass is 319 g/mol. The molecule has 2 aromatic rings. The van der Waals surface area contributed by atoms with Crippen molar-refractivity contribution >= 4 is 29.2 Å². The molecule has 0 aliphatic carbocycles. The number of rotatable bonds is 4. The van der Waals surface area contributed by atoms with Crippen LogP contribution in [0.2, 0.25) is 5.02 Å². The molecule has 0 unspecified atom stereocenters. The van der Waals surface area contributed by atoms with Gasteiger partial charge >= 0.3 is 5.97 Å². The van der Waals surface area contributed by atoms with Gasteiger partial charge in [0.05, 0.1) is 0 Å². The Morgan fingerprint density at radius 3 is 2.68 bits per heavy atom. The number of carbonyl (C=O) groups is 2. The molecule has 0 spiro atoms. The number of halogens is 1. The van der Waals surface area contributed by atoms with Crippen LogP contribution in [0.15, 0.2) is 42.5 Å². The molecule has 0 heterocycles. The van der Waals surface area contributed by atoms with Crippen molar-refractivity contribution in [1.29, 1.82) is 0 Å². The quantitative estimate of drug-likeness (QED) is 0.849. The summed E-state index contributed by atoms with van der Waals surface area (Å²) < 4.78 is 4.87. The van der Waals surface area contributed by atoms with Gasteiger partial charge in [0.1, 0.15) is 11.3 Å². The lowest BCUT2D eigenvalue weighted by molar-refractivity contribution is -0.119. The molecule has 2 aromatic carbocycles. The second-order valence-electron chi connectivity index (χ2n) is 4.60. The van der Waals surface area contributed by atoms with E-state index in [2.05, 4.69) is 5.32 Å². The minimum absolute atomic E-state index is 0.0869. The van der Waals surface area contributed by atoms with E-state index in [9.17, 15) is 14.7 Å². The molecule has 0 saturated carbocycles. The highest BCUT2D eigenvalue weighted by Gasteiger charge is 2.15. The van der Waals surface area contributed by atoms with Crippen LogP contribution in [0.3, 0.4) is 0 Å². The molecule has 114 valence electrons. The van der Waals surface area contributed by atoms with E-state index in [1.165, 1.54) is 18.2 Å². The van der Waals surface area contributed by atoms with Crippen LogP contribution in [-0.2, 0) is 9.53 Å². The van der Waals surface area contributed by atoms with Gasteiger partial charge < -0.3 is 15.2 Å². The number of aromatic hydroxyl groups is 1.